The minimum atomic E-state index is 0.355. The Morgan fingerprint density at radius 3 is 2.71 bits per heavy atom. The number of benzene rings is 1. The summed E-state index contributed by atoms with van der Waals surface area (Å²) in [7, 11) is 0. The highest BCUT2D eigenvalue weighted by molar-refractivity contribution is 9.10. The van der Waals surface area contributed by atoms with E-state index in [0.717, 1.165) is 16.5 Å². The van der Waals surface area contributed by atoms with Crippen molar-refractivity contribution >= 4 is 15.9 Å². The summed E-state index contributed by atoms with van der Waals surface area (Å²) in [5.74, 6) is 1.62. The van der Waals surface area contributed by atoms with Gasteiger partial charge in [-0.15, -0.1) is 0 Å². The minimum absolute atomic E-state index is 0.355. The predicted molar refractivity (Wildman–Crippen MR) is 69.4 cm³/mol. The molecule has 0 radical (unpaired) electrons. The number of nitrogens with two attached hydrogens (primary N) is 1. The summed E-state index contributed by atoms with van der Waals surface area (Å²) < 4.78 is 6.22. The largest absolute Gasteiger partial charge is 0.339 e. The highest BCUT2D eigenvalue weighted by Gasteiger charge is 2.11. The molecule has 4 nitrogen and oxygen atoms in total. The molecule has 1 heterocycles. The predicted octanol–water partition coefficient (Wildman–Crippen LogP) is 2.64. The fraction of sp³-hybridized carbons (Fsp3) is 0.333. The Hall–Kier alpha value is -1.20. The summed E-state index contributed by atoms with van der Waals surface area (Å²) in [4.78, 5) is 4.35. The van der Waals surface area contributed by atoms with Gasteiger partial charge in [0.2, 0.25) is 11.7 Å². The standard InChI is InChI=1S/C12H14BrN3O/c1-8(7-14)6-11-15-12(16-17-11)9-2-4-10(13)5-3-9/h2-5,8H,6-7,14H2,1H3. The normalized spacial score (nSPS) is 12.6. The first-order chi connectivity index (χ1) is 8.19. The summed E-state index contributed by atoms with van der Waals surface area (Å²) in [6, 6.07) is 7.80. The first kappa shape index (κ1) is 12.3. The Kier molecular flexibility index (Phi) is 3.91. The molecule has 1 aromatic carbocycles. The Balaban J connectivity index is 2.15. The molecule has 17 heavy (non-hydrogen) atoms. The lowest BCUT2D eigenvalue weighted by Crippen LogP contribution is -2.13. The number of halogens is 1. The maximum atomic E-state index is 5.56. The van der Waals surface area contributed by atoms with Gasteiger partial charge < -0.3 is 10.3 Å². The van der Waals surface area contributed by atoms with Gasteiger partial charge in [0, 0.05) is 16.5 Å². The van der Waals surface area contributed by atoms with E-state index in [1.54, 1.807) is 0 Å². The average molecular weight is 296 g/mol. The lowest BCUT2D eigenvalue weighted by molar-refractivity contribution is 0.360. The zero-order valence-electron chi connectivity index (χ0n) is 9.56. The van der Waals surface area contributed by atoms with Crippen LogP contribution >= 0.6 is 15.9 Å². The van der Waals surface area contributed by atoms with Crippen molar-refractivity contribution in [2.24, 2.45) is 11.7 Å². The van der Waals surface area contributed by atoms with Crippen molar-refractivity contribution in [1.82, 2.24) is 10.1 Å². The van der Waals surface area contributed by atoms with Crippen LogP contribution < -0.4 is 5.73 Å². The topological polar surface area (TPSA) is 64.9 Å². The number of hydrogen-bond donors (Lipinski definition) is 1. The molecule has 1 unspecified atom stereocenters. The second-order valence-corrected chi connectivity index (χ2v) is 4.98. The molecule has 0 bridgehead atoms. The average Bonchev–Trinajstić information content (AvgIpc) is 2.78. The summed E-state index contributed by atoms with van der Waals surface area (Å²) in [6.45, 7) is 2.68. The number of nitrogens with zero attached hydrogens (tertiary/aromatic N) is 2. The van der Waals surface area contributed by atoms with Crippen LogP contribution in [0.15, 0.2) is 33.3 Å². The third kappa shape index (κ3) is 3.14. The van der Waals surface area contributed by atoms with Crippen molar-refractivity contribution in [1.29, 1.82) is 0 Å². The second kappa shape index (κ2) is 5.42. The van der Waals surface area contributed by atoms with E-state index < -0.39 is 0 Å². The van der Waals surface area contributed by atoms with Gasteiger partial charge in [0.1, 0.15) is 0 Å². The number of hydrogen-bond acceptors (Lipinski definition) is 4. The summed E-state index contributed by atoms with van der Waals surface area (Å²) in [5, 5.41) is 3.96. The van der Waals surface area contributed by atoms with E-state index in [2.05, 4.69) is 33.0 Å². The first-order valence-corrected chi connectivity index (χ1v) is 6.27. The van der Waals surface area contributed by atoms with Gasteiger partial charge in [-0.1, -0.05) is 28.0 Å². The lowest BCUT2D eigenvalue weighted by Gasteiger charge is -2.01. The van der Waals surface area contributed by atoms with Crippen LogP contribution in [0.4, 0.5) is 0 Å². The molecular formula is C12H14BrN3O. The Bertz CT molecular complexity index is 481. The molecule has 0 fully saturated rings. The SMILES string of the molecule is CC(CN)Cc1nc(-c2ccc(Br)cc2)no1. The molecule has 0 spiro atoms. The molecule has 2 aromatic rings. The zero-order valence-corrected chi connectivity index (χ0v) is 11.1. The third-order valence-electron chi connectivity index (χ3n) is 2.50. The van der Waals surface area contributed by atoms with Crippen molar-refractivity contribution in [3.8, 4) is 11.4 Å². The Morgan fingerprint density at radius 2 is 2.06 bits per heavy atom. The molecule has 0 amide bonds. The maximum Gasteiger partial charge on any atom is 0.227 e. The Morgan fingerprint density at radius 1 is 1.35 bits per heavy atom. The van der Waals surface area contributed by atoms with Gasteiger partial charge in [-0.2, -0.15) is 4.98 Å². The summed E-state index contributed by atoms with van der Waals surface area (Å²) in [6.07, 6.45) is 0.722. The van der Waals surface area contributed by atoms with E-state index in [-0.39, 0.29) is 0 Å². The molecule has 1 aromatic heterocycles. The van der Waals surface area contributed by atoms with E-state index in [1.807, 2.05) is 24.3 Å². The van der Waals surface area contributed by atoms with E-state index in [0.29, 0.717) is 24.2 Å². The fourth-order valence-corrected chi connectivity index (χ4v) is 1.70. The molecule has 90 valence electrons. The Labute approximate surface area is 108 Å². The molecule has 0 saturated carbocycles. The smallest absolute Gasteiger partial charge is 0.227 e. The van der Waals surface area contributed by atoms with Crippen LogP contribution in [0.25, 0.3) is 11.4 Å². The summed E-state index contributed by atoms with van der Waals surface area (Å²) >= 11 is 3.39. The van der Waals surface area contributed by atoms with Crippen LogP contribution in [0.2, 0.25) is 0 Å². The molecule has 2 rings (SSSR count). The number of rotatable bonds is 4. The van der Waals surface area contributed by atoms with Gasteiger partial charge in [0.25, 0.3) is 0 Å². The quantitative estimate of drug-likeness (QED) is 0.942. The summed E-state index contributed by atoms with van der Waals surface area (Å²) in [5.41, 5.74) is 6.51. The van der Waals surface area contributed by atoms with Gasteiger partial charge in [-0.25, -0.2) is 0 Å². The molecule has 0 saturated heterocycles. The molecule has 0 aliphatic rings. The van der Waals surface area contributed by atoms with Crippen LogP contribution in [0.5, 0.6) is 0 Å². The van der Waals surface area contributed by atoms with Crippen molar-refractivity contribution in [2.75, 3.05) is 6.54 Å². The van der Waals surface area contributed by atoms with E-state index in [9.17, 15) is 0 Å². The lowest BCUT2D eigenvalue weighted by atomic mass is 10.1. The molecular weight excluding hydrogens is 282 g/mol. The molecule has 0 aliphatic carbocycles. The van der Waals surface area contributed by atoms with Gasteiger partial charge in [-0.3, -0.25) is 0 Å². The maximum absolute atomic E-state index is 5.56. The second-order valence-electron chi connectivity index (χ2n) is 4.06. The van der Waals surface area contributed by atoms with Gasteiger partial charge in [0.15, 0.2) is 0 Å². The van der Waals surface area contributed by atoms with Crippen molar-refractivity contribution in [3.63, 3.8) is 0 Å². The third-order valence-corrected chi connectivity index (χ3v) is 3.02. The van der Waals surface area contributed by atoms with E-state index in [1.165, 1.54) is 0 Å². The van der Waals surface area contributed by atoms with Crippen molar-refractivity contribution in [3.05, 3.63) is 34.6 Å². The van der Waals surface area contributed by atoms with Crippen molar-refractivity contribution < 1.29 is 4.52 Å². The van der Waals surface area contributed by atoms with Crippen LogP contribution in [0.3, 0.4) is 0 Å². The van der Waals surface area contributed by atoms with Crippen LogP contribution in [0.1, 0.15) is 12.8 Å². The number of aromatic nitrogens is 2. The molecule has 1 atom stereocenters. The monoisotopic (exact) mass is 295 g/mol. The van der Waals surface area contributed by atoms with Crippen LogP contribution in [-0.4, -0.2) is 16.7 Å². The molecule has 0 aliphatic heterocycles. The van der Waals surface area contributed by atoms with Crippen molar-refractivity contribution in [2.45, 2.75) is 13.3 Å². The highest BCUT2D eigenvalue weighted by atomic mass is 79.9. The van der Waals surface area contributed by atoms with Gasteiger partial charge in [-0.05, 0) is 36.7 Å². The van der Waals surface area contributed by atoms with E-state index >= 15 is 0 Å². The van der Waals surface area contributed by atoms with Crippen LogP contribution in [-0.2, 0) is 6.42 Å². The van der Waals surface area contributed by atoms with Gasteiger partial charge >= 0.3 is 0 Å². The van der Waals surface area contributed by atoms with E-state index in [4.69, 9.17) is 10.3 Å². The zero-order chi connectivity index (χ0) is 12.3. The first-order valence-electron chi connectivity index (χ1n) is 5.47. The van der Waals surface area contributed by atoms with Crippen LogP contribution in [0, 0.1) is 5.92 Å². The molecule has 5 heteroatoms. The fourth-order valence-electron chi connectivity index (χ4n) is 1.44. The van der Waals surface area contributed by atoms with Gasteiger partial charge in [0.05, 0.1) is 0 Å². The highest BCUT2D eigenvalue weighted by Crippen LogP contribution is 2.19. The minimum Gasteiger partial charge on any atom is -0.339 e. The molecule has 2 N–H and O–H groups in total.